The highest BCUT2D eigenvalue weighted by molar-refractivity contribution is 4.86. The zero-order chi connectivity index (χ0) is 12.6. The first kappa shape index (κ1) is 14.3. The summed E-state index contributed by atoms with van der Waals surface area (Å²) in [5.74, 6) is 0.902. The number of piperidine rings is 1. The maximum absolute atomic E-state index is 8.75. The molecule has 2 atom stereocenters. The van der Waals surface area contributed by atoms with Crippen LogP contribution < -0.4 is 5.32 Å². The van der Waals surface area contributed by atoms with E-state index in [2.05, 4.69) is 10.2 Å². The van der Waals surface area contributed by atoms with Crippen LogP contribution in [0.1, 0.15) is 51.4 Å². The fraction of sp³-hybridized carbons (Fsp3) is 1.00. The van der Waals surface area contributed by atoms with E-state index >= 15 is 0 Å². The molecule has 18 heavy (non-hydrogen) atoms. The van der Waals surface area contributed by atoms with E-state index in [1.165, 1.54) is 71.1 Å². The van der Waals surface area contributed by atoms with Gasteiger partial charge in [0.25, 0.3) is 0 Å². The van der Waals surface area contributed by atoms with Gasteiger partial charge in [0.15, 0.2) is 0 Å². The Kier molecular flexibility index (Phi) is 6.46. The van der Waals surface area contributed by atoms with E-state index in [4.69, 9.17) is 5.11 Å². The maximum atomic E-state index is 8.75. The van der Waals surface area contributed by atoms with Gasteiger partial charge in [-0.1, -0.05) is 12.8 Å². The largest absolute Gasteiger partial charge is 0.396 e. The first-order chi connectivity index (χ1) is 8.90. The average Bonchev–Trinajstić information content (AvgIpc) is 2.93. The molecule has 0 saturated carbocycles. The van der Waals surface area contributed by atoms with Gasteiger partial charge in [0.05, 0.1) is 0 Å². The van der Waals surface area contributed by atoms with Crippen LogP contribution in [0.25, 0.3) is 0 Å². The maximum Gasteiger partial charge on any atom is 0.0431 e. The number of nitrogens with one attached hydrogen (secondary N) is 1. The van der Waals surface area contributed by atoms with Crippen molar-refractivity contribution in [3.8, 4) is 0 Å². The van der Waals surface area contributed by atoms with Crippen molar-refractivity contribution >= 4 is 0 Å². The van der Waals surface area contributed by atoms with Crippen molar-refractivity contribution in [2.45, 2.75) is 57.4 Å². The van der Waals surface area contributed by atoms with Gasteiger partial charge in [0, 0.05) is 19.2 Å². The van der Waals surface area contributed by atoms with Gasteiger partial charge >= 0.3 is 0 Å². The summed E-state index contributed by atoms with van der Waals surface area (Å²) in [6, 6.07) is 0.808. The lowest BCUT2D eigenvalue weighted by Gasteiger charge is -2.35. The summed E-state index contributed by atoms with van der Waals surface area (Å²) in [7, 11) is 0. The molecule has 0 aromatic rings. The molecule has 0 amide bonds. The molecule has 0 aliphatic carbocycles. The van der Waals surface area contributed by atoms with Gasteiger partial charge in [-0.25, -0.2) is 0 Å². The predicted molar refractivity (Wildman–Crippen MR) is 75.7 cm³/mol. The molecular weight excluding hydrogens is 224 g/mol. The molecule has 2 fully saturated rings. The van der Waals surface area contributed by atoms with Gasteiger partial charge in [-0.2, -0.15) is 0 Å². The molecule has 2 N–H and O–H groups in total. The van der Waals surface area contributed by atoms with Crippen LogP contribution in [0.5, 0.6) is 0 Å². The first-order valence-electron chi connectivity index (χ1n) is 7.97. The molecule has 0 aromatic heterocycles. The van der Waals surface area contributed by atoms with Crippen LogP contribution in [0, 0.1) is 5.92 Å². The lowest BCUT2D eigenvalue weighted by molar-refractivity contribution is 0.149. The number of rotatable bonds is 7. The molecular formula is C15H30N2O. The lowest BCUT2D eigenvalue weighted by Crippen LogP contribution is -2.43. The van der Waals surface area contributed by atoms with Crippen molar-refractivity contribution in [2.75, 3.05) is 32.8 Å². The third-order valence-electron chi connectivity index (χ3n) is 4.59. The quantitative estimate of drug-likeness (QED) is 0.682. The Bertz CT molecular complexity index is 217. The third kappa shape index (κ3) is 4.52. The van der Waals surface area contributed by atoms with Crippen LogP contribution in [0.4, 0.5) is 0 Å². The molecule has 0 aromatic carbocycles. The van der Waals surface area contributed by atoms with Crippen LogP contribution in [-0.2, 0) is 0 Å². The normalized spacial score (nSPS) is 29.8. The highest BCUT2D eigenvalue weighted by atomic mass is 16.2. The van der Waals surface area contributed by atoms with Crippen molar-refractivity contribution in [2.24, 2.45) is 5.92 Å². The number of aliphatic hydroxyl groups is 1. The summed E-state index contributed by atoms with van der Waals surface area (Å²) in [5, 5.41) is 12.4. The average molecular weight is 254 g/mol. The molecule has 2 heterocycles. The van der Waals surface area contributed by atoms with Crippen molar-refractivity contribution in [3.63, 3.8) is 0 Å². The Labute approximate surface area is 112 Å². The minimum Gasteiger partial charge on any atom is -0.396 e. The summed E-state index contributed by atoms with van der Waals surface area (Å²) < 4.78 is 0. The Hall–Kier alpha value is -0.120. The molecule has 3 heteroatoms. The molecule has 2 aliphatic heterocycles. The highest BCUT2D eigenvalue weighted by Crippen LogP contribution is 2.24. The van der Waals surface area contributed by atoms with Gasteiger partial charge in [-0.3, -0.25) is 0 Å². The summed E-state index contributed by atoms with van der Waals surface area (Å²) in [6.07, 6.45) is 10.4. The van der Waals surface area contributed by atoms with Gasteiger partial charge in [0.2, 0.25) is 0 Å². The van der Waals surface area contributed by atoms with E-state index in [0.29, 0.717) is 6.61 Å². The van der Waals surface area contributed by atoms with E-state index in [-0.39, 0.29) is 0 Å². The summed E-state index contributed by atoms with van der Waals surface area (Å²) >= 11 is 0. The van der Waals surface area contributed by atoms with Gasteiger partial charge in [-0.15, -0.1) is 0 Å². The van der Waals surface area contributed by atoms with Crippen molar-refractivity contribution in [1.29, 1.82) is 0 Å². The Morgan fingerprint density at radius 1 is 1.06 bits per heavy atom. The zero-order valence-corrected chi connectivity index (χ0v) is 11.7. The number of unbranched alkanes of at least 4 members (excludes halogenated alkanes) is 3. The Morgan fingerprint density at radius 3 is 2.72 bits per heavy atom. The molecule has 106 valence electrons. The second-order valence-corrected chi connectivity index (χ2v) is 6.04. The fourth-order valence-electron chi connectivity index (χ4n) is 3.54. The molecule has 2 aliphatic rings. The SMILES string of the molecule is OCCCCCCN1CCCC(C2CCCN2)C1. The predicted octanol–water partition coefficient (Wildman–Crippen LogP) is 2.00. The first-order valence-corrected chi connectivity index (χ1v) is 7.97. The molecule has 0 bridgehead atoms. The summed E-state index contributed by atoms with van der Waals surface area (Å²) in [4.78, 5) is 2.67. The Balaban J connectivity index is 1.60. The molecule has 3 nitrogen and oxygen atoms in total. The summed E-state index contributed by atoms with van der Waals surface area (Å²) in [6.45, 7) is 5.50. The number of nitrogens with zero attached hydrogens (tertiary/aromatic N) is 1. The van der Waals surface area contributed by atoms with Crippen molar-refractivity contribution in [1.82, 2.24) is 10.2 Å². The van der Waals surface area contributed by atoms with Crippen LogP contribution in [-0.4, -0.2) is 48.8 Å². The topological polar surface area (TPSA) is 35.5 Å². The molecule has 2 rings (SSSR count). The van der Waals surface area contributed by atoms with Crippen LogP contribution in [0.2, 0.25) is 0 Å². The molecule has 0 radical (unpaired) electrons. The van der Waals surface area contributed by atoms with E-state index in [9.17, 15) is 0 Å². The standard InChI is InChI=1S/C15H30N2O/c18-12-4-2-1-3-10-17-11-6-7-14(13-17)15-8-5-9-16-15/h14-16,18H,1-13H2. The monoisotopic (exact) mass is 254 g/mol. The van der Waals surface area contributed by atoms with Gasteiger partial charge in [0.1, 0.15) is 0 Å². The van der Waals surface area contributed by atoms with Gasteiger partial charge in [-0.05, 0) is 64.1 Å². The van der Waals surface area contributed by atoms with Crippen LogP contribution in [0.3, 0.4) is 0 Å². The molecule has 0 spiro atoms. The zero-order valence-electron chi connectivity index (χ0n) is 11.7. The number of hydrogen-bond donors (Lipinski definition) is 2. The second kappa shape index (κ2) is 8.13. The van der Waals surface area contributed by atoms with E-state index in [0.717, 1.165) is 18.4 Å². The summed E-state index contributed by atoms with van der Waals surface area (Å²) in [5.41, 5.74) is 0. The van der Waals surface area contributed by atoms with E-state index < -0.39 is 0 Å². The number of hydrogen-bond acceptors (Lipinski definition) is 3. The fourth-order valence-corrected chi connectivity index (χ4v) is 3.54. The Morgan fingerprint density at radius 2 is 1.94 bits per heavy atom. The lowest BCUT2D eigenvalue weighted by atomic mass is 9.89. The van der Waals surface area contributed by atoms with Crippen molar-refractivity contribution < 1.29 is 5.11 Å². The van der Waals surface area contributed by atoms with Crippen LogP contribution >= 0.6 is 0 Å². The smallest absolute Gasteiger partial charge is 0.0431 e. The van der Waals surface area contributed by atoms with Crippen LogP contribution in [0.15, 0.2) is 0 Å². The van der Waals surface area contributed by atoms with E-state index in [1.54, 1.807) is 0 Å². The minimum atomic E-state index is 0.360. The number of likely N-dealkylation sites (tertiary alicyclic amines) is 1. The third-order valence-corrected chi connectivity index (χ3v) is 4.59. The minimum absolute atomic E-state index is 0.360. The second-order valence-electron chi connectivity index (χ2n) is 6.04. The molecule has 2 unspecified atom stereocenters. The van der Waals surface area contributed by atoms with E-state index in [1.807, 2.05) is 0 Å². The number of aliphatic hydroxyl groups excluding tert-OH is 1. The molecule has 2 saturated heterocycles. The van der Waals surface area contributed by atoms with Gasteiger partial charge < -0.3 is 15.3 Å². The highest BCUT2D eigenvalue weighted by Gasteiger charge is 2.28. The van der Waals surface area contributed by atoms with Crippen molar-refractivity contribution in [3.05, 3.63) is 0 Å².